The highest BCUT2D eigenvalue weighted by molar-refractivity contribution is 5.83. The molecule has 1 fully saturated rings. The smallest absolute Gasteiger partial charge is 0.224 e. The van der Waals surface area contributed by atoms with Gasteiger partial charge in [0.25, 0.3) is 0 Å². The lowest BCUT2D eigenvalue weighted by Gasteiger charge is -2.24. The number of carbonyl (C=O) groups excluding carboxylic acids is 1. The van der Waals surface area contributed by atoms with Crippen molar-refractivity contribution in [2.75, 3.05) is 0 Å². The van der Waals surface area contributed by atoms with Crippen molar-refractivity contribution in [3.63, 3.8) is 0 Å². The van der Waals surface area contributed by atoms with Gasteiger partial charge >= 0.3 is 0 Å². The molecule has 2 N–H and O–H groups in total. The summed E-state index contributed by atoms with van der Waals surface area (Å²) in [5.74, 6) is -1.94. The molecule has 0 spiro atoms. The van der Waals surface area contributed by atoms with Crippen molar-refractivity contribution in [1.82, 2.24) is 10.3 Å². The largest absolute Gasteiger partial charge is 0.386 e. The Morgan fingerprint density at radius 1 is 1.32 bits per heavy atom. The Kier molecular flexibility index (Phi) is 5.08. The predicted molar refractivity (Wildman–Crippen MR) is 88.6 cm³/mol. The number of aromatic nitrogens is 1. The molecule has 1 amide bonds. The molecule has 0 bridgehead atoms. The fourth-order valence-electron chi connectivity index (χ4n) is 3.14. The summed E-state index contributed by atoms with van der Waals surface area (Å²) < 4.78 is 27.7. The van der Waals surface area contributed by atoms with Gasteiger partial charge in [-0.1, -0.05) is 19.1 Å². The van der Waals surface area contributed by atoms with E-state index in [9.17, 15) is 18.7 Å². The van der Waals surface area contributed by atoms with E-state index in [0.717, 1.165) is 17.7 Å². The Morgan fingerprint density at radius 2 is 2.04 bits per heavy atom. The van der Waals surface area contributed by atoms with Gasteiger partial charge in [-0.25, -0.2) is 8.78 Å². The van der Waals surface area contributed by atoms with Crippen molar-refractivity contribution >= 4 is 5.91 Å². The fourth-order valence-corrected chi connectivity index (χ4v) is 3.14. The summed E-state index contributed by atoms with van der Waals surface area (Å²) in [6.07, 6.45) is 3.03. The van der Waals surface area contributed by atoms with Crippen LogP contribution < -0.4 is 5.32 Å². The van der Waals surface area contributed by atoms with Crippen LogP contribution >= 0.6 is 0 Å². The monoisotopic (exact) mass is 346 g/mol. The molecule has 1 saturated carbocycles. The third-order valence-electron chi connectivity index (χ3n) is 4.68. The SMILES string of the molecule is CCC(NC(=O)[C@@H]1C[C@H]1c1cccnc1)C(O)c1c(F)cccc1F. The zero-order valence-corrected chi connectivity index (χ0v) is 13.8. The highest BCUT2D eigenvalue weighted by atomic mass is 19.1. The normalized spacial score (nSPS) is 21.4. The molecule has 132 valence electrons. The summed E-state index contributed by atoms with van der Waals surface area (Å²) in [6.45, 7) is 1.75. The molecule has 0 aliphatic heterocycles. The number of aliphatic hydroxyl groups excluding tert-OH is 1. The zero-order chi connectivity index (χ0) is 18.0. The summed E-state index contributed by atoms with van der Waals surface area (Å²) in [5.41, 5.74) is 0.589. The summed E-state index contributed by atoms with van der Waals surface area (Å²) in [4.78, 5) is 16.5. The highest BCUT2D eigenvalue weighted by Gasteiger charge is 2.45. The first kappa shape index (κ1) is 17.5. The lowest BCUT2D eigenvalue weighted by atomic mass is 9.98. The number of amides is 1. The second kappa shape index (κ2) is 7.27. The number of carbonyl (C=O) groups is 1. The number of rotatable bonds is 6. The van der Waals surface area contributed by atoms with E-state index < -0.39 is 29.3 Å². The van der Waals surface area contributed by atoms with Gasteiger partial charge in [0.15, 0.2) is 0 Å². The number of benzene rings is 1. The van der Waals surface area contributed by atoms with Gasteiger partial charge in [-0.05, 0) is 42.5 Å². The Balaban J connectivity index is 1.67. The fraction of sp³-hybridized carbons (Fsp3) is 0.368. The molecule has 25 heavy (non-hydrogen) atoms. The molecule has 3 rings (SSSR count). The van der Waals surface area contributed by atoms with Gasteiger partial charge in [-0.3, -0.25) is 9.78 Å². The first-order chi connectivity index (χ1) is 12.0. The second-order valence-corrected chi connectivity index (χ2v) is 6.34. The Morgan fingerprint density at radius 3 is 2.64 bits per heavy atom. The van der Waals surface area contributed by atoms with E-state index in [1.807, 2.05) is 12.1 Å². The molecule has 1 aromatic carbocycles. The van der Waals surface area contributed by atoms with Gasteiger partial charge in [0, 0.05) is 18.3 Å². The predicted octanol–water partition coefficient (Wildman–Crippen LogP) is 3.09. The molecule has 6 heteroatoms. The van der Waals surface area contributed by atoms with E-state index in [4.69, 9.17) is 0 Å². The minimum atomic E-state index is -1.44. The first-order valence-corrected chi connectivity index (χ1v) is 8.35. The number of aliphatic hydroxyl groups is 1. The average Bonchev–Trinajstić information content (AvgIpc) is 3.41. The quantitative estimate of drug-likeness (QED) is 0.845. The van der Waals surface area contributed by atoms with Crippen LogP contribution in [0, 0.1) is 17.6 Å². The van der Waals surface area contributed by atoms with Gasteiger partial charge in [-0.15, -0.1) is 0 Å². The zero-order valence-electron chi connectivity index (χ0n) is 13.8. The van der Waals surface area contributed by atoms with Crippen molar-refractivity contribution in [3.8, 4) is 0 Å². The summed E-state index contributed by atoms with van der Waals surface area (Å²) in [7, 11) is 0. The Labute approximate surface area is 144 Å². The Bertz CT molecular complexity index is 734. The van der Waals surface area contributed by atoms with Crippen LogP contribution in [0.5, 0.6) is 0 Å². The van der Waals surface area contributed by atoms with Crippen LogP contribution in [0.4, 0.5) is 8.78 Å². The van der Waals surface area contributed by atoms with Crippen molar-refractivity contribution in [1.29, 1.82) is 0 Å². The van der Waals surface area contributed by atoms with E-state index in [0.29, 0.717) is 12.8 Å². The van der Waals surface area contributed by atoms with Crippen LogP contribution in [0.2, 0.25) is 0 Å². The molecule has 0 radical (unpaired) electrons. The van der Waals surface area contributed by atoms with Crippen molar-refractivity contribution in [2.45, 2.75) is 37.8 Å². The van der Waals surface area contributed by atoms with Gasteiger partial charge in [0.05, 0.1) is 11.6 Å². The summed E-state index contributed by atoms with van der Waals surface area (Å²) in [5, 5.41) is 13.1. The van der Waals surface area contributed by atoms with Crippen molar-refractivity contribution in [3.05, 3.63) is 65.5 Å². The van der Waals surface area contributed by atoms with Gasteiger partial charge in [0.2, 0.25) is 5.91 Å². The maximum atomic E-state index is 13.9. The molecular weight excluding hydrogens is 326 g/mol. The molecular formula is C19H20F2N2O2. The second-order valence-electron chi connectivity index (χ2n) is 6.34. The number of nitrogens with zero attached hydrogens (tertiary/aromatic N) is 1. The molecule has 1 aliphatic rings. The number of hydrogen-bond donors (Lipinski definition) is 2. The van der Waals surface area contributed by atoms with Crippen LogP contribution in [0.1, 0.15) is 42.9 Å². The van der Waals surface area contributed by atoms with Gasteiger partial charge in [0.1, 0.15) is 17.7 Å². The van der Waals surface area contributed by atoms with E-state index >= 15 is 0 Å². The van der Waals surface area contributed by atoms with E-state index in [1.54, 1.807) is 19.3 Å². The van der Waals surface area contributed by atoms with Crippen molar-refractivity contribution < 1.29 is 18.7 Å². The molecule has 4 nitrogen and oxygen atoms in total. The number of hydrogen-bond acceptors (Lipinski definition) is 3. The lowest BCUT2D eigenvalue weighted by Crippen LogP contribution is -2.40. The molecule has 0 saturated heterocycles. The minimum Gasteiger partial charge on any atom is -0.386 e. The summed E-state index contributed by atoms with van der Waals surface area (Å²) in [6, 6.07) is 6.41. The topological polar surface area (TPSA) is 62.2 Å². The lowest BCUT2D eigenvalue weighted by molar-refractivity contribution is -0.124. The van der Waals surface area contributed by atoms with Gasteiger partial charge < -0.3 is 10.4 Å². The first-order valence-electron chi connectivity index (χ1n) is 8.35. The maximum Gasteiger partial charge on any atom is 0.224 e. The molecule has 2 unspecified atom stereocenters. The van der Waals surface area contributed by atoms with Crippen LogP contribution in [0.15, 0.2) is 42.7 Å². The number of halogens is 2. The van der Waals surface area contributed by atoms with Crippen LogP contribution in [-0.4, -0.2) is 22.0 Å². The average molecular weight is 346 g/mol. The third-order valence-corrected chi connectivity index (χ3v) is 4.68. The Hall–Kier alpha value is -2.34. The molecule has 1 aliphatic carbocycles. The maximum absolute atomic E-state index is 13.9. The van der Waals surface area contributed by atoms with Crippen molar-refractivity contribution in [2.24, 2.45) is 5.92 Å². The standard InChI is InChI=1S/C19H20F2N2O2/c1-2-16(18(24)17-14(20)6-3-7-15(17)21)23-19(25)13-9-12(13)11-5-4-8-22-10-11/h3-8,10,12-13,16,18,24H,2,9H2,1H3,(H,23,25)/t12-,13+,16?,18?/m0/s1. The number of pyridine rings is 1. The molecule has 1 heterocycles. The molecule has 4 atom stereocenters. The molecule has 2 aromatic rings. The van der Waals surface area contributed by atoms with Crippen LogP contribution in [-0.2, 0) is 4.79 Å². The van der Waals surface area contributed by atoms with E-state index in [-0.39, 0.29) is 17.7 Å². The van der Waals surface area contributed by atoms with Crippen LogP contribution in [0.3, 0.4) is 0 Å². The van der Waals surface area contributed by atoms with Gasteiger partial charge in [-0.2, -0.15) is 0 Å². The summed E-state index contributed by atoms with van der Waals surface area (Å²) >= 11 is 0. The third kappa shape index (κ3) is 3.69. The van der Waals surface area contributed by atoms with E-state index in [1.165, 1.54) is 6.07 Å². The minimum absolute atomic E-state index is 0.105. The number of nitrogens with one attached hydrogen (secondary N) is 1. The molecule has 1 aromatic heterocycles. The van der Waals surface area contributed by atoms with Crippen LogP contribution in [0.25, 0.3) is 0 Å². The van der Waals surface area contributed by atoms with E-state index in [2.05, 4.69) is 10.3 Å². The highest BCUT2D eigenvalue weighted by Crippen LogP contribution is 2.47.